The van der Waals surface area contributed by atoms with Crippen LogP contribution in [0.5, 0.6) is 0 Å². The number of rotatable bonds is 6. The Morgan fingerprint density at radius 3 is 2.43 bits per heavy atom. The third kappa shape index (κ3) is 3.78. The smallest absolute Gasteiger partial charge is 0.0346 e. The molecule has 2 nitrogen and oxygen atoms in total. The predicted molar refractivity (Wildman–Crippen MR) is 94.2 cm³/mol. The second kappa shape index (κ2) is 7.28. The van der Waals surface area contributed by atoms with Crippen LogP contribution < -0.4 is 0 Å². The monoisotopic (exact) mass is 302 g/mol. The van der Waals surface area contributed by atoms with E-state index in [1.54, 1.807) is 0 Å². The van der Waals surface area contributed by atoms with Gasteiger partial charge in [0.15, 0.2) is 0 Å². The highest BCUT2D eigenvalue weighted by Crippen LogP contribution is 2.29. The summed E-state index contributed by atoms with van der Waals surface area (Å²) in [6, 6.07) is 7.64. The van der Waals surface area contributed by atoms with Gasteiger partial charge in [-0.15, -0.1) is 11.8 Å². The van der Waals surface area contributed by atoms with Crippen LogP contribution in [0.3, 0.4) is 0 Å². The van der Waals surface area contributed by atoms with Crippen molar-refractivity contribution in [3.63, 3.8) is 0 Å². The molecule has 0 unspecified atom stereocenters. The Hall–Kier alpha value is -1.06. The van der Waals surface area contributed by atoms with Crippen LogP contribution in [0.2, 0.25) is 0 Å². The minimum Gasteiger partial charge on any atom is -0.298 e. The van der Waals surface area contributed by atoms with E-state index in [1.165, 1.54) is 21.2 Å². The van der Waals surface area contributed by atoms with Crippen molar-refractivity contribution in [3.05, 3.63) is 36.2 Å². The summed E-state index contributed by atoms with van der Waals surface area (Å²) in [5.41, 5.74) is 1.36. The van der Waals surface area contributed by atoms with Gasteiger partial charge in [0.2, 0.25) is 0 Å². The van der Waals surface area contributed by atoms with Gasteiger partial charge in [0.25, 0.3) is 0 Å². The second-order valence-electron chi connectivity index (χ2n) is 6.03. The zero-order valence-electron chi connectivity index (χ0n) is 13.8. The summed E-state index contributed by atoms with van der Waals surface area (Å²) >= 11 is 1.82. The molecule has 0 atom stereocenters. The van der Waals surface area contributed by atoms with E-state index in [0.29, 0.717) is 12.1 Å². The normalized spacial score (nSPS) is 12.0. The predicted octanol–water partition coefficient (Wildman–Crippen LogP) is 4.62. The van der Waals surface area contributed by atoms with E-state index in [1.807, 2.05) is 24.2 Å². The van der Waals surface area contributed by atoms with Crippen molar-refractivity contribution in [2.75, 3.05) is 12.8 Å². The lowest BCUT2D eigenvalue weighted by Crippen LogP contribution is -2.38. The van der Waals surface area contributed by atoms with Gasteiger partial charge in [-0.2, -0.15) is 0 Å². The van der Waals surface area contributed by atoms with E-state index in [0.717, 1.165) is 13.0 Å². The fourth-order valence-corrected chi connectivity index (χ4v) is 3.66. The van der Waals surface area contributed by atoms with E-state index in [2.05, 4.69) is 62.0 Å². The minimum absolute atomic E-state index is 0.577. The van der Waals surface area contributed by atoms with E-state index < -0.39 is 0 Å². The molecule has 2 aromatic rings. The highest BCUT2D eigenvalue weighted by molar-refractivity contribution is 7.98. The maximum atomic E-state index is 4.43. The molecule has 1 aromatic heterocycles. The first-order chi connectivity index (χ1) is 10.0. The number of pyridine rings is 1. The molecule has 3 heteroatoms. The van der Waals surface area contributed by atoms with Crippen LogP contribution in [-0.2, 0) is 6.42 Å². The SMILES string of the molecule is CSc1cccc2cncc(CCN(C(C)C)C(C)C)c12. The van der Waals surface area contributed by atoms with Crippen LogP contribution in [0.4, 0.5) is 0 Å². The lowest BCUT2D eigenvalue weighted by Gasteiger charge is -2.30. The molecule has 0 N–H and O–H groups in total. The standard InChI is InChI=1S/C18H26N2S/c1-13(2)20(14(3)4)10-9-16-12-19-11-15-7-6-8-17(21-5)18(15)16/h6-8,11-14H,9-10H2,1-5H3. The van der Waals surface area contributed by atoms with Crippen molar-refractivity contribution < 1.29 is 0 Å². The number of aromatic nitrogens is 1. The Labute approximate surface area is 133 Å². The van der Waals surface area contributed by atoms with Crippen molar-refractivity contribution in [1.82, 2.24) is 9.88 Å². The number of benzene rings is 1. The first-order valence-electron chi connectivity index (χ1n) is 7.70. The lowest BCUT2D eigenvalue weighted by atomic mass is 10.0. The second-order valence-corrected chi connectivity index (χ2v) is 6.88. The molecule has 0 amide bonds. The number of hydrogen-bond donors (Lipinski definition) is 0. The topological polar surface area (TPSA) is 16.1 Å². The van der Waals surface area contributed by atoms with Crippen LogP contribution in [0.25, 0.3) is 10.8 Å². The molecule has 0 aliphatic heterocycles. The summed E-state index contributed by atoms with van der Waals surface area (Å²) in [4.78, 5) is 8.32. The summed E-state index contributed by atoms with van der Waals surface area (Å²) in [6.07, 6.45) is 7.22. The molecule has 2 rings (SSSR count). The van der Waals surface area contributed by atoms with Gasteiger partial charge in [0.1, 0.15) is 0 Å². The molecular formula is C18H26N2S. The molecule has 1 heterocycles. The Kier molecular flexibility index (Phi) is 5.65. The molecule has 114 valence electrons. The van der Waals surface area contributed by atoms with Crippen LogP contribution in [0.1, 0.15) is 33.3 Å². The van der Waals surface area contributed by atoms with Crippen molar-refractivity contribution in [2.24, 2.45) is 0 Å². The van der Waals surface area contributed by atoms with Crippen molar-refractivity contribution in [1.29, 1.82) is 0 Å². The first-order valence-corrected chi connectivity index (χ1v) is 8.92. The van der Waals surface area contributed by atoms with Gasteiger partial charge >= 0.3 is 0 Å². The van der Waals surface area contributed by atoms with E-state index in [4.69, 9.17) is 0 Å². The summed E-state index contributed by atoms with van der Waals surface area (Å²) < 4.78 is 0. The van der Waals surface area contributed by atoms with Crippen LogP contribution in [0, 0.1) is 0 Å². The number of hydrogen-bond acceptors (Lipinski definition) is 3. The number of thioether (sulfide) groups is 1. The highest BCUT2D eigenvalue weighted by Gasteiger charge is 2.14. The summed E-state index contributed by atoms with van der Waals surface area (Å²) in [5, 5.41) is 2.63. The van der Waals surface area contributed by atoms with Gasteiger partial charge in [-0.25, -0.2) is 0 Å². The lowest BCUT2D eigenvalue weighted by molar-refractivity contribution is 0.177. The van der Waals surface area contributed by atoms with Gasteiger partial charge in [-0.3, -0.25) is 9.88 Å². The molecule has 0 radical (unpaired) electrons. The van der Waals surface area contributed by atoms with Crippen molar-refractivity contribution in [3.8, 4) is 0 Å². The Morgan fingerprint density at radius 2 is 1.81 bits per heavy atom. The number of nitrogens with zero attached hydrogens (tertiary/aromatic N) is 2. The van der Waals surface area contributed by atoms with Gasteiger partial charge < -0.3 is 0 Å². The molecule has 0 spiro atoms. The largest absolute Gasteiger partial charge is 0.298 e. The zero-order valence-corrected chi connectivity index (χ0v) is 14.6. The molecule has 0 saturated heterocycles. The average Bonchev–Trinajstić information content (AvgIpc) is 2.46. The Morgan fingerprint density at radius 1 is 1.10 bits per heavy atom. The summed E-state index contributed by atoms with van der Waals surface area (Å²) in [5.74, 6) is 0. The van der Waals surface area contributed by atoms with Gasteiger partial charge in [0, 0.05) is 46.7 Å². The van der Waals surface area contributed by atoms with E-state index in [-0.39, 0.29) is 0 Å². The van der Waals surface area contributed by atoms with Crippen molar-refractivity contribution in [2.45, 2.75) is 51.1 Å². The van der Waals surface area contributed by atoms with Gasteiger partial charge in [-0.05, 0) is 52.0 Å². The fraction of sp³-hybridized carbons (Fsp3) is 0.500. The van der Waals surface area contributed by atoms with Crippen LogP contribution >= 0.6 is 11.8 Å². The third-order valence-corrected chi connectivity index (χ3v) is 4.79. The molecule has 0 bridgehead atoms. The maximum Gasteiger partial charge on any atom is 0.0346 e. The summed E-state index contributed by atoms with van der Waals surface area (Å²) in [7, 11) is 0. The van der Waals surface area contributed by atoms with Gasteiger partial charge in [-0.1, -0.05) is 12.1 Å². The average molecular weight is 302 g/mol. The highest BCUT2D eigenvalue weighted by atomic mass is 32.2. The maximum absolute atomic E-state index is 4.43. The minimum atomic E-state index is 0.577. The Bertz CT molecular complexity index is 580. The molecule has 0 saturated carbocycles. The molecule has 0 aliphatic carbocycles. The quantitative estimate of drug-likeness (QED) is 0.724. The van der Waals surface area contributed by atoms with E-state index in [9.17, 15) is 0 Å². The van der Waals surface area contributed by atoms with Crippen molar-refractivity contribution >= 4 is 22.5 Å². The zero-order chi connectivity index (χ0) is 15.4. The molecule has 0 fully saturated rings. The Balaban J connectivity index is 2.30. The fourth-order valence-electron chi connectivity index (χ4n) is 2.99. The van der Waals surface area contributed by atoms with Crippen LogP contribution in [-0.4, -0.2) is 34.8 Å². The molecule has 1 aromatic carbocycles. The molecule has 0 aliphatic rings. The van der Waals surface area contributed by atoms with Crippen LogP contribution in [0.15, 0.2) is 35.5 Å². The molecular weight excluding hydrogens is 276 g/mol. The molecule has 21 heavy (non-hydrogen) atoms. The van der Waals surface area contributed by atoms with E-state index >= 15 is 0 Å². The van der Waals surface area contributed by atoms with Gasteiger partial charge in [0.05, 0.1) is 0 Å². The first kappa shape index (κ1) is 16.3. The number of fused-ring (bicyclic) bond motifs is 1. The summed E-state index contributed by atoms with van der Waals surface area (Å²) in [6.45, 7) is 10.2. The third-order valence-electron chi connectivity index (χ3n) is 4.01.